The molecule has 0 unspecified atom stereocenters. The van der Waals surface area contributed by atoms with Crippen molar-refractivity contribution in [1.29, 1.82) is 0 Å². The van der Waals surface area contributed by atoms with Gasteiger partial charge in [0.25, 0.3) is 0 Å². The molecular formula is C19H27N3O3. The van der Waals surface area contributed by atoms with Gasteiger partial charge in [-0.2, -0.15) is 0 Å². The highest BCUT2D eigenvalue weighted by Crippen LogP contribution is 2.34. The molecule has 0 radical (unpaired) electrons. The number of benzene rings is 1. The van der Waals surface area contributed by atoms with Crippen molar-refractivity contribution in [2.45, 2.75) is 44.6 Å². The van der Waals surface area contributed by atoms with E-state index >= 15 is 0 Å². The normalized spacial score (nSPS) is 21.4. The highest BCUT2D eigenvalue weighted by molar-refractivity contribution is 5.89. The van der Waals surface area contributed by atoms with Gasteiger partial charge in [0, 0.05) is 24.3 Å². The van der Waals surface area contributed by atoms with Crippen LogP contribution >= 0.6 is 0 Å². The fourth-order valence-electron chi connectivity index (χ4n) is 4.18. The number of urea groups is 1. The van der Waals surface area contributed by atoms with Gasteiger partial charge < -0.3 is 25.0 Å². The van der Waals surface area contributed by atoms with Crippen LogP contribution in [0.3, 0.4) is 0 Å². The molecule has 2 N–H and O–H groups in total. The Kier molecular flexibility index (Phi) is 4.97. The summed E-state index contributed by atoms with van der Waals surface area (Å²) in [5.74, 6) is 1.98. The average molecular weight is 345 g/mol. The SMILES string of the molecule is O=C(NCC1CCN(C2CCCC2)CC1)Nc1ccc2c(c1)OCO2. The van der Waals surface area contributed by atoms with E-state index in [9.17, 15) is 4.79 Å². The summed E-state index contributed by atoms with van der Waals surface area (Å²) >= 11 is 0. The molecule has 3 aliphatic rings. The fourth-order valence-corrected chi connectivity index (χ4v) is 4.18. The number of fused-ring (bicyclic) bond motifs is 1. The van der Waals surface area contributed by atoms with Crippen LogP contribution in [0.4, 0.5) is 10.5 Å². The van der Waals surface area contributed by atoms with Crippen molar-refractivity contribution < 1.29 is 14.3 Å². The summed E-state index contributed by atoms with van der Waals surface area (Å²) in [5, 5.41) is 5.88. The first-order valence-electron chi connectivity index (χ1n) is 9.46. The highest BCUT2D eigenvalue weighted by Gasteiger charge is 2.27. The van der Waals surface area contributed by atoms with Crippen LogP contribution in [0.25, 0.3) is 0 Å². The maximum atomic E-state index is 12.1. The van der Waals surface area contributed by atoms with Crippen molar-refractivity contribution in [1.82, 2.24) is 10.2 Å². The molecule has 4 rings (SSSR count). The van der Waals surface area contributed by atoms with Gasteiger partial charge in [-0.05, 0) is 56.8 Å². The van der Waals surface area contributed by atoms with Crippen LogP contribution in [0.15, 0.2) is 18.2 Å². The van der Waals surface area contributed by atoms with E-state index < -0.39 is 0 Å². The Labute approximate surface area is 148 Å². The zero-order chi connectivity index (χ0) is 17.1. The van der Waals surface area contributed by atoms with E-state index in [4.69, 9.17) is 9.47 Å². The first-order chi connectivity index (χ1) is 12.3. The number of amides is 2. The number of nitrogens with zero attached hydrogens (tertiary/aromatic N) is 1. The molecule has 1 saturated carbocycles. The van der Waals surface area contributed by atoms with Crippen LogP contribution in [-0.4, -0.2) is 43.4 Å². The molecule has 25 heavy (non-hydrogen) atoms. The van der Waals surface area contributed by atoms with E-state index in [-0.39, 0.29) is 12.8 Å². The van der Waals surface area contributed by atoms with Crippen LogP contribution in [0.5, 0.6) is 11.5 Å². The Balaban J connectivity index is 1.19. The average Bonchev–Trinajstić information content (AvgIpc) is 3.32. The van der Waals surface area contributed by atoms with Crippen LogP contribution in [0.1, 0.15) is 38.5 Å². The number of carbonyl (C=O) groups excluding carboxylic acids is 1. The zero-order valence-corrected chi connectivity index (χ0v) is 14.6. The summed E-state index contributed by atoms with van der Waals surface area (Å²) in [7, 11) is 0. The smallest absolute Gasteiger partial charge is 0.319 e. The van der Waals surface area contributed by atoms with E-state index in [0.29, 0.717) is 11.7 Å². The Morgan fingerprint density at radius 1 is 1.08 bits per heavy atom. The van der Waals surface area contributed by atoms with E-state index in [1.807, 2.05) is 12.1 Å². The van der Waals surface area contributed by atoms with Gasteiger partial charge in [-0.3, -0.25) is 0 Å². The Hall–Kier alpha value is -1.95. The third kappa shape index (κ3) is 4.00. The predicted molar refractivity (Wildman–Crippen MR) is 96.1 cm³/mol. The molecule has 0 spiro atoms. The largest absolute Gasteiger partial charge is 0.454 e. The molecule has 0 atom stereocenters. The summed E-state index contributed by atoms with van der Waals surface area (Å²) in [6.45, 7) is 3.35. The Morgan fingerprint density at radius 3 is 2.64 bits per heavy atom. The quantitative estimate of drug-likeness (QED) is 0.880. The predicted octanol–water partition coefficient (Wildman–Crippen LogP) is 3.19. The van der Waals surface area contributed by atoms with Crippen LogP contribution in [-0.2, 0) is 0 Å². The van der Waals surface area contributed by atoms with Crippen molar-refractivity contribution in [2.75, 3.05) is 31.7 Å². The minimum absolute atomic E-state index is 0.155. The van der Waals surface area contributed by atoms with Gasteiger partial charge >= 0.3 is 6.03 Å². The lowest BCUT2D eigenvalue weighted by Crippen LogP contribution is -2.43. The van der Waals surface area contributed by atoms with Crippen LogP contribution in [0.2, 0.25) is 0 Å². The number of piperidine rings is 1. The summed E-state index contributed by atoms with van der Waals surface area (Å²) in [6, 6.07) is 6.10. The third-order valence-corrected chi connectivity index (χ3v) is 5.67. The molecule has 0 aromatic heterocycles. The number of hydrogen-bond acceptors (Lipinski definition) is 4. The number of carbonyl (C=O) groups is 1. The minimum Gasteiger partial charge on any atom is -0.454 e. The molecule has 136 valence electrons. The van der Waals surface area contributed by atoms with Gasteiger partial charge in [0.1, 0.15) is 0 Å². The third-order valence-electron chi connectivity index (χ3n) is 5.67. The topological polar surface area (TPSA) is 62.8 Å². The monoisotopic (exact) mass is 345 g/mol. The fraction of sp³-hybridized carbons (Fsp3) is 0.632. The van der Waals surface area contributed by atoms with E-state index in [2.05, 4.69) is 15.5 Å². The molecule has 1 aromatic carbocycles. The molecule has 0 bridgehead atoms. The molecule has 2 heterocycles. The second kappa shape index (κ2) is 7.52. The standard InChI is InChI=1S/C19H27N3O3/c23-19(21-15-5-6-17-18(11-15)25-13-24-17)20-12-14-7-9-22(10-8-14)16-3-1-2-4-16/h5-6,11,14,16H,1-4,7-10,12-13H2,(H2,20,21,23). The van der Waals surface area contributed by atoms with E-state index in [1.165, 1.54) is 51.6 Å². The van der Waals surface area contributed by atoms with Crippen molar-refractivity contribution in [3.05, 3.63) is 18.2 Å². The maximum Gasteiger partial charge on any atom is 0.319 e. The lowest BCUT2D eigenvalue weighted by Gasteiger charge is -2.36. The molecule has 1 aromatic rings. The maximum absolute atomic E-state index is 12.1. The van der Waals surface area contributed by atoms with Gasteiger partial charge in [0.15, 0.2) is 11.5 Å². The summed E-state index contributed by atoms with van der Waals surface area (Å²) < 4.78 is 10.6. The number of rotatable bonds is 4. The lowest BCUT2D eigenvalue weighted by molar-refractivity contribution is 0.134. The molecule has 2 fully saturated rings. The van der Waals surface area contributed by atoms with E-state index in [0.717, 1.165) is 24.0 Å². The number of hydrogen-bond donors (Lipinski definition) is 2. The number of likely N-dealkylation sites (tertiary alicyclic amines) is 1. The van der Waals surface area contributed by atoms with Gasteiger partial charge in [0.05, 0.1) is 0 Å². The molecule has 2 amide bonds. The van der Waals surface area contributed by atoms with E-state index in [1.54, 1.807) is 6.07 Å². The molecule has 2 aliphatic heterocycles. The van der Waals surface area contributed by atoms with Gasteiger partial charge in [-0.15, -0.1) is 0 Å². The molecule has 6 nitrogen and oxygen atoms in total. The van der Waals surface area contributed by atoms with Crippen molar-refractivity contribution in [2.24, 2.45) is 5.92 Å². The summed E-state index contributed by atoms with van der Waals surface area (Å²) in [5.41, 5.74) is 0.720. The first kappa shape index (κ1) is 16.5. The Bertz CT molecular complexity index is 608. The van der Waals surface area contributed by atoms with Gasteiger partial charge in [-0.1, -0.05) is 12.8 Å². The van der Waals surface area contributed by atoms with Crippen molar-refractivity contribution in [3.8, 4) is 11.5 Å². The van der Waals surface area contributed by atoms with Crippen LogP contribution < -0.4 is 20.1 Å². The molecular weight excluding hydrogens is 318 g/mol. The minimum atomic E-state index is -0.155. The molecule has 1 aliphatic carbocycles. The lowest BCUT2D eigenvalue weighted by atomic mass is 9.95. The molecule has 6 heteroatoms. The van der Waals surface area contributed by atoms with Gasteiger partial charge in [-0.25, -0.2) is 4.79 Å². The van der Waals surface area contributed by atoms with Gasteiger partial charge in [0.2, 0.25) is 6.79 Å². The number of nitrogens with one attached hydrogen (secondary N) is 2. The highest BCUT2D eigenvalue weighted by atomic mass is 16.7. The number of anilines is 1. The first-order valence-corrected chi connectivity index (χ1v) is 9.46. The Morgan fingerprint density at radius 2 is 1.84 bits per heavy atom. The van der Waals surface area contributed by atoms with Crippen molar-refractivity contribution >= 4 is 11.7 Å². The zero-order valence-electron chi connectivity index (χ0n) is 14.6. The summed E-state index contributed by atoms with van der Waals surface area (Å²) in [4.78, 5) is 14.8. The number of ether oxygens (including phenoxy) is 2. The summed E-state index contributed by atoms with van der Waals surface area (Å²) in [6.07, 6.45) is 7.90. The molecule has 1 saturated heterocycles. The second-order valence-electron chi connectivity index (χ2n) is 7.32. The van der Waals surface area contributed by atoms with Crippen molar-refractivity contribution in [3.63, 3.8) is 0 Å². The van der Waals surface area contributed by atoms with Crippen LogP contribution in [0, 0.1) is 5.92 Å². The second-order valence-corrected chi connectivity index (χ2v) is 7.32.